The topological polar surface area (TPSA) is 76.0 Å². The molecule has 1 aromatic heterocycles. The molecule has 3 rings (SSSR count). The van der Waals surface area contributed by atoms with E-state index in [9.17, 15) is 9.59 Å². The van der Waals surface area contributed by atoms with Gasteiger partial charge in [-0.05, 0) is 38.1 Å². The quantitative estimate of drug-likeness (QED) is 0.707. The van der Waals surface area contributed by atoms with E-state index in [2.05, 4.69) is 15.7 Å². The fraction of sp³-hybridized carbons (Fsp3) is 0.190. The van der Waals surface area contributed by atoms with Crippen LogP contribution in [0.1, 0.15) is 28.0 Å². The summed E-state index contributed by atoms with van der Waals surface area (Å²) in [7, 11) is 0. The highest BCUT2D eigenvalue weighted by molar-refractivity contribution is 5.95. The van der Waals surface area contributed by atoms with E-state index in [4.69, 9.17) is 0 Å². The molecule has 2 N–H and O–H groups in total. The van der Waals surface area contributed by atoms with Gasteiger partial charge in [0.25, 0.3) is 5.91 Å². The third-order valence-electron chi connectivity index (χ3n) is 4.05. The third-order valence-corrected chi connectivity index (χ3v) is 4.05. The van der Waals surface area contributed by atoms with E-state index in [0.29, 0.717) is 11.4 Å². The van der Waals surface area contributed by atoms with Gasteiger partial charge in [0.1, 0.15) is 5.82 Å². The Morgan fingerprint density at radius 1 is 1.00 bits per heavy atom. The van der Waals surface area contributed by atoms with Gasteiger partial charge in [-0.15, -0.1) is 0 Å². The van der Waals surface area contributed by atoms with Crippen LogP contribution in [0.2, 0.25) is 0 Å². The normalized spacial score (nSPS) is 10.4. The Hall–Kier alpha value is -3.41. The van der Waals surface area contributed by atoms with Gasteiger partial charge in [0.2, 0.25) is 5.91 Å². The maximum Gasteiger partial charge on any atom is 0.251 e. The summed E-state index contributed by atoms with van der Waals surface area (Å²) in [4.78, 5) is 24.3. The van der Waals surface area contributed by atoms with Crippen molar-refractivity contribution in [2.24, 2.45) is 0 Å². The molecule has 0 aliphatic carbocycles. The fourth-order valence-electron chi connectivity index (χ4n) is 2.66. The Balaban J connectivity index is 1.58. The number of hydrogen-bond donors (Lipinski definition) is 2. The monoisotopic (exact) mass is 362 g/mol. The van der Waals surface area contributed by atoms with Crippen LogP contribution in [-0.2, 0) is 4.79 Å². The molecule has 0 radical (unpaired) electrons. The van der Waals surface area contributed by atoms with Gasteiger partial charge in [0.15, 0.2) is 0 Å². The summed E-state index contributed by atoms with van der Waals surface area (Å²) < 4.78 is 1.70. The van der Waals surface area contributed by atoms with Crippen molar-refractivity contribution >= 4 is 17.6 Å². The molecule has 0 fully saturated rings. The Kier molecular flexibility index (Phi) is 5.66. The lowest BCUT2D eigenvalue weighted by Gasteiger charge is -2.10. The molecule has 0 aliphatic heterocycles. The number of hydrogen-bond acceptors (Lipinski definition) is 3. The predicted octanol–water partition coefficient (Wildman–Crippen LogP) is 3.25. The van der Waals surface area contributed by atoms with Crippen molar-refractivity contribution in [1.29, 1.82) is 0 Å². The summed E-state index contributed by atoms with van der Waals surface area (Å²) >= 11 is 0. The van der Waals surface area contributed by atoms with Crippen LogP contribution < -0.4 is 10.6 Å². The molecule has 0 unspecified atom stereocenters. The van der Waals surface area contributed by atoms with E-state index in [0.717, 1.165) is 16.9 Å². The van der Waals surface area contributed by atoms with Crippen molar-refractivity contribution < 1.29 is 9.59 Å². The molecule has 0 spiro atoms. The first kappa shape index (κ1) is 18.4. The minimum absolute atomic E-state index is 0.177. The summed E-state index contributed by atoms with van der Waals surface area (Å²) in [5, 5.41) is 10.1. The van der Waals surface area contributed by atoms with E-state index >= 15 is 0 Å². The highest BCUT2D eigenvalue weighted by Crippen LogP contribution is 2.17. The van der Waals surface area contributed by atoms with Gasteiger partial charge in [0, 0.05) is 24.6 Å². The molecule has 138 valence electrons. The number of rotatable bonds is 6. The maximum absolute atomic E-state index is 12.3. The molecule has 3 aromatic rings. The van der Waals surface area contributed by atoms with Gasteiger partial charge < -0.3 is 10.6 Å². The fourth-order valence-corrected chi connectivity index (χ4v) is 2.66. The van der Waals surface area contributed by atoms with Crippen molar-refractivity contribution in [3.63, 3.8) is 0 Å². The SMILES string of the molecule is Cc1ccc(-n2nc(C)cc2NC(=O)CCNC(=O)c2ccccc2)cc1. The molecule has 0 saturated heterocycles. The Bertz CT molecular complexity index is 931. The van der Waals surface area contributed by atoms with Crippen molar-refractivity contribution in [2.75, 3.05) is 11.9 Å². The van der Waals surface area contributed by atoms with Crippen molar-refractivity contribution in [1.82, 2.24) is 15.1 Å². The van der Waals surface area contributed by atoms with E-state index in [-0.39, 0.29) is 24.8 Å². The van der Waals surface area contributed by atoms with E-state index < -0.39 is 0 Å². The summed E-state index contributed by atoms with van der Waals surface area (Å²) in [5.74, 6) is 0.233. The van der Waals surface area contributed by atoms with Crippen molar-refractivity contribution in [3.8, 4) is 5.69 Å². The van der Waals surface area contributed by atoms with Crippen LogP contribution >= 0.6 is 0 Å². The largest absolute Gasteiger partial charge is 0.352 e. The number of amides is 2. The van der Waals surface area contributed by atoms with Crippen LogP contribution in [0.4, 0.5) is 5.82 Å². The van der Waals surface area contributed by atoms with Crippen molar-refractivity contribution in [3.05, 3.63) is 77.5 Å². The molecule has 0 bridgehead atoms. The van der Waals surface area contributed by atoms with Gasteiger partial charge in [-0.25, -0.2) is 4.68 Å². The van der Waals surface area contributed by atoms with Crippen LogP contribution in [0.15, 0.2) is 60.7 Å². The molecule has 0 saturated carbocycles. The van der Waals surface area contributed by atoms with Crippen LogP contribution in [0, 0.1) is 13.8 Å². The minimum Gasteiger partial charge on any atom is -0.352 e. The molecular formula is C21H22N4O2. The number of aryl methyl sites for hydroxylation is 2. The predicted molar refractivity (Wildman–Crippen MR) is 105 cm³/mol. The second kappa shape index (κ2) is 8.31. The first-order valence-electron chi connectivity index (χ1n) is 8.80. The summed E-state index contributed by atoms with van der Waals surface area (Å²) in [6.07, 6.45) is 0.177. The summed E-state index contributed by atoms with van der Waals surface area (Å²) in [6, 6.07) is 18.6. The van der Waals surface area contributed by atoms with E-state index in [1.807, 2.05) is 50.2 Å². The number of nitrogens with one attached hydrogen (secondary N) is 2. The number of nitrogens with zero attached hydrogens (tertiary/aromatic N) is 2. The van der Waals surface area contributed by atoms with Gasteiger partial charge in [-0.1, -0.05) is 35.9 Å². The zero-order valence-corrected chi connectivity index (χ0v) is 15.4. The molecule has 2 amide bonds. The number of carbonyl (C=O) groups excluding carboxylic acids is 2. The molecule has 6 heteroatoms. The molecule has 27 heavy (non-hydrogen) atoms. The molecule has 0 atom stereocenters. The van der Waals surface area contributed by atoms with Crippen LogP contribution in [0.5, 0.6) is 0 Å². The smallest absolute Gasteiger partial charge is 0.251 e. The lowest BCUT2D eigenvalue weighted by Crippen LogP contribution is -2.27. The molecule has 6 nitrogen and oxygen atoms in total. The zero-order valence-electron chi connectivity index (χ0n) is 15.4. The Morgan fingerprint density at radius 2 is 1.70 bits per heavy atom. The zero-order chi connectivity index (χ0) is 19.2. The number of carbonyl (C=O) groups is 2. The average molecular weight is 362 g/mol. The number of benzene rings is 2. The Labute approximate surface area is 158 Å². The van der Waals surface area contributed by atoms with Crippen molar-refractivity contribution in [2.45, 2.75) is 20.3 Å². The molecule has 1 heterocycles. The van der Waals surface area contributed by atoms with Gasteiger partial charge in [0.05, 0.1) is 11.4 Å². The minimum atomic E-state index is -0.191. The number of aromatic nitrogens is 2. The maximum atomic E-state index is 12.3. The second-order valence-corrected chi connectivity index (χ2v) is 6.34. The summed E-state index contributed by atoms with van der Waals surface area (Å²) in [6.45, 7) is 4.15. The van der Waals surface area contributed by atoms with Crippen LogP contribution in [0.3, 0.4) is 0 Å². The van der Waals surface area contributed by atoms with Gasteiger partial charge >= 0.3 is 0 Å². The first-order chi connectivity index (χ1) is 13.0. The standard InChI is InChI=1S/C21H22N4O2/c1-15-8-10-18(11-9-15)25-19(14-16(2)24-25)23-20(26)12-13-22-21(27)17-6-4-3-5-7-17/h3-11,14H,12-13H2,1-2H3,(H,22,27)(H,23,26). The lowest BCUT2D eigenvalue weighted by molar-refractivity contribution is -0.116. The van der Waals surface area contributed by atoms with Crippen LogP contribution in [0.25, 0.3) is 5.69 Å². The molecule has 2 aromatic carbocycles. The second-order valence-electron chi connectivity index (χ2n) is 6.34. The summed E-state index contributed by atoms with van der Waals surface area (Å²) in [5.41, 5.74) is 3.41. The molecular weight excluding hydrogens is 340 g/mol. The van der Waals surface area contributed by atoms with Gasteiger partial charge in [-0.3, -0.25) is 9.59 Å². The lowest BCUT2D eigenvalue weighted by atomic mass is 10.2. The van der Waals surface area contributed by atoms with E-state index in [1.165, 1.54) is 0 Å². The number of anilines is 1. The highest BCUT2D eigenvalue weighted by atomic mass is 16.2. The van der Waals surface area contributed by atoms with Gasteiger partial charge in [-0.2, -0.15) is 5.10 Å². The van der Waals surface area contributed by atoms with Crippen LogP contribution in [-0.4, -0.2) is 28.1 Å². The Morgan fingerprint density at radius 3 is 2.41 bits per heavy atom. The van der Waals surface area contributed by atoms with E-state index in [1.54, 1.807) is 28.9 Å². The molecule has 0 aliphatic rings. The first-order valence-corrected chi connectivity index (χ1v) is 8.80. The highest BCUT2D eigenvalue weighted by Gasteiger charge is 2.11. The third kappa shape index (κ3) is 4.82. The average Bonchev–Trinajstić information content (AvgIpc) is 3.03.